The summed E-state index contributed by atoms with van der Waals surface area (Å²) in [5, 5.41) is 8.36. The van der Waals surface area contributed by atoms with Crippen LogP contribution in [0.2, 0.25) is 0 Å². The molecule has 80 valence electrons. The molecule has 0 bridgehead atoms. The van der Waals surface area contributed by atoms with E-state index in [9.17, 15) is 18.0 Å². The third-order valence-corrected chi connectivity index (χ3v) is 1.67. The van der Waals surface area contributed by atoms with E-state index in [4.69, 9.17) is 5.26 Å². The zero-order valence-electron chi connectivity index (χ0n) is 7.93. The summed E-state index contributed by atoms with van der Waals surface area (Å²) in [6.07, 6.45) is -5.32. The van der Waals surface area contributed by atoms with Gasteiger partial charge in [-0.25, -0.2) is 0 Å². The van der Waals surface area contributed by atoms with Crippen LogP contribution in [0.1, 0.15) is 13.3 Å². The topological polar surface area (TPSA) is 44.1 Å². The molecule has 6 heteroatoms. The first-order valence-electron chi connectivity index (χ1n) is 3.99. The number of hydrogen-bond acceptors (Lipinski definition) is 2. The maximum Gasteiger partial charge on any atom is 0.390 e. The highest BCUT2D eigenvalue weighted by Crippen LogP contribution is 2.19. The minimum absolute atomic E-state index is 0.408. The summed E-state index contributed by atoms with van der Waals surface area (Å²) in [7, 11) is 1.25. The molecule has 0 rings (SSSR count). The maximum absolute atomic E-state index is 11.8. The molecule has 1 atom stereocenters. The summed E-state index contributed by atoms with van der Waals surface area (Å²) in [5.41, 5.74) is 0. The first-order valence-corrected chi connectivity index (χ1v) is 3.99. The van der Waals surface area contributed by atoms with Crippen LogP contribution in [0.3, 0.4) is 0 Å². The lowest BCUT2D eigenvalue weighted by Gasteiger charge is -2.18. The Labute approximate surface area is 80.1 Å². The molecule has 0 aromatic rings. The van der Waals surface area contributed by atoms with Crippen LogP contribution < -0.4 is 0 Å². The lowest BCUT2D eigenvalue weighted by molar-refractivity contribution is -0.145. The molecule has 0 aliphatic heterocycles. The largest absolute Gasteiger partial charge is 0.390 e. The normalized spacial score (nSPS) is 13.1. The third kappa shape index (κ3) is 4.70. The van der Waals surface area contributed by atoms with Crippen molar-refractivity contribution in [3.63, 3.8) is 0 Å². The van der Waals surface area contributed by atoms with Gasteiger partial charge < -0.3 is 4.90 Å². The van der Waals surface area contributed by atoms with E-state index < -0.39 is 31.0 Å². The molecule has 1 amide bonds. The molecule has 0 spiro atoms. The number of amides is 1. The van der Waals surface area contributed by atoms with Gasteiger partial charge in [-0.3, -0.25) is 4.79 Å². The van der Waals surface area contributed by atoms with Gasteiger partial charge in [0.15, 0.2) is 0 Å². The molecule has 0 aliphatic rings. The van der Waals surface area contributed by atoms with Crippen molar-refractivity contribution in [1.82, 2.24) is 4.90 Å². The smallest absolute Gasteiger partial charge is 0.344 e. The predicted octanol–water partition coefficient (Wildman–Crippen LogP) is 1.56. The van der Waals surface area contributed by atoms with Crippen LogP contribution in [-0.2, 0) is 4.79 Å². The second-order valence-electron chi connectivity index (χ2n) is 2.98. The Morgan fingerprint density at radius 1 is 1.57 bits per heavy atom. The minimum atomic E-state index is -4.27. The summed E-state index contributed by atoms with van der Waals surface area (Å²) in [6.45, 7) is 0.945. The lowest BCUT2D eigenvalue weighted by atomic mass is 10.2. The van der Waals surface area contributed by atoms with E-state index in [1.54, 1.807) is 6.07 Å². The molecule has 0 aliphatic carbocycles. The highest BCUT2D eigenvalue weighted by molar-refractivity contribution is 5.80. The fraction of sp³-hybridized carbons (Fsp3) is 0.750. The number of carbonyl (C=O) groups is 1. The predicted molar refractivity (Wildman–Crippen MR) is 43.1 cm³/mol. The van der Waals surface area contributed by atoms with Crippen LogP contribution in [0.25, 0.3) is 0 Å². The van der Waals surface area contributed by atoms with Crippen LogP contribution >= 0.6 is 0 Å². The third-order valence-electron chi connectivity index (χ3n) is 1.67. The van der Waals surface area contributed by atoms with E-state index in [1.807, 2.05) is 0 Å². The molecule has 0 aromatic carbocycles. The second-order valence-corrected chi connectivity index (χ2v) is 2.98. The standard InChI is InChI=1S/C8H11F3N2O/c1-6(5-12)7(14)13(2)4-3-8(9,10)11/h6H,3-4H2,1-2H3. The highest BCUT2D eigenvalue weighted by atomic mass is 19.4. The quantitative estimate of drug-likeness (QED) is 0.706. The highest BCUT2D eigenvalue weighted by Gasteiger charge is 2.28. The number of nitriles is 1. The Morgan fingerprint density at radius 2 is 2.07 bits per heavy atom. The zero-order valence-corrected chi connectivity index (χ0v) is 7.93. The van der Waals surface area contributed by atoms with E-state index in [1.165, 1.54) is 14.0 Å². The molecule has 0 N–H and O–H groups in total. The molecular weight excluding hydrogens is 197 g/mol. The van der Waals surface area contributed by atoms with E-state index in [0.29, 0.717) is 0 Å². The molecule has 14 heavy (non-hydrogen) atoms. The van der Waals surface area contributed by atoms with E-state index in [2.05, 4.69) is 0 Å². The number of nitrogens with zero attached hydrogens (tertiary/aromatic N) is 2. The summed E-state index contributed by atoms with van der Waals surface area (Å²) in [5.74, 6) is -1.48. The van der Waals surface area contributed by atoms with E-state index in [-0.39, 0.29) is 0 Å². The fourth-order valence-corrected chi connectivity index (χ4v) is 0.790. The molecular formula is C8H11F3N2O. The van der Waals surface area contributed by atoms with Gasteiger partial charge in [0.05, 0.1) is 12.5 Å². The van der Waals surface area contributed by atoms with Crippen molar-refractivity contribution in [2.75, 3.05) is 13.6 Å². The van der Waals surface area contributed by atoms with Gasteiger partial charge in [-0.2, -0.15) is 18.4 Å². The minimum Gasteiger partial charge on any atom is -0.344 e. The van der Waals surface area contributed by atoms with Crippen molar-refractivity contribution in [3.05, 3.63) is 0 Å². The van der Waals surface area contributed by atoms with Crippen LogP contribution in [0.4, 0.5) is 13.2 Å². The summed E-state index contributed by atoms with van der Waals surface area (Å²) in [4.78, 5) is 12.0. The van der Waals surface area contributed by atoms with Gasteiger partial charge in [-0.15, -0.1) is 0 Å². The van der Waals surface area contributed by atoms with Crippen LogP contribution in [0, 0.1) is 17.2 Å². The monoisotopic (exact) mass is 208 g/mol. The fourth-order valence-electron chi connectivity index (χ4n) is 0.790. The van der Waals surface area contributed by atoms with Crippen LogP contribution in [0.5, 0.6) is 0 Å². The molecule has 0 heterocycles. The number of alkyl halides is 3. The van der Waals surface area contributed by atoms with Gasteiger partial charge in [0.1, 0.15) is 5.92 Å². The van der Waals surface area contributed by atoms with Crippen molar-refractivity contribution < 1.29 is 18.0 Å². The maximum atomic E-state index is 11.8. The average Bonchev–Trinajstić information content (AvgIpc) is 2.10. The van der Waals surface area contributed by atoms with E-state index >= 15 is 0 Å². The average molecular weight is 208 g/mol. The number of hydrogen-bond donors (Lipinski definition) is 0. The van der Waals surface area contributed by atoms with Gasteiger partial charge in [0, 0.05) is 13.6 Å². The van der Waals surface area contributed by atoms with Crippen molar-refractivity contribution >= 4 is 5.91 Å². The molecule has 0 saturated carbocycles. The molecule has 0 saturated heterocycles. The first kappa shape index (κ1) is 12.8. The Bertz CT molecular complexity index is 244. The SMILES string of the molecule is CC(C#N)C(=O)N(C)CCC(F)(F)F. The van der Waals surface area contributed by atoms with Crippen molar-refractivity contribution in [3.8, 4) is 6.07 Å². The lowest BCUT2D eigenvalue weighted by Crippen LogP contribution is -2.33. The first-order chi connectivity index (χ1) is 6.28. The molecule has 0 radical (unpaired) electrons. The van der Waals surface area contributed by atoms with Gasteiger partial charge >= 0.3 is 6.18 Å². The van der Waals surface area contributed by atoms with Crippen molar-refractivity contribution in [1.29, 1.82) is 5.26 Å². The van der Waals surface area contributed by atoms with Crippen LogP contribution in [0.15, 0.2) is 0 Å². The Morgan fingerprint density at radius 3 is 2.43 bits per heavy atom. The molecule has 3 nitrogen and oxygen atoms in total. The number of halogens is 3. The number of rotatable bonds is 3. The summed E-state index contributed by atoms with van der Waals surface area (Å²) < 4.78 is 35.3. The summed E-state index contributed by atoms with van der Waals surface area (Å²) >= 11 is 0. The van der Waals surface area contributed by atoms with Crippen molar-refractivity contribution in [2.45, 2.75) is 19.5 Å². The van der Waals surface area contributed by atoms with Gasteiger partial charge in [-0.05, 0) is 6.92 Å². The molecule has 0 fully saturated rings. The van der Waals surface area contributed by atoms with Crippen molar-refractivity contribution in [2.24, 2.45) is 5.92 Å². The van der Waals surface area contributed by atoms with E-state index in [0.717, 1.165) is 4.90 Å². The Kier molecular flexibility index (Phi) is 4.41. The Balaban J connectivity index is 4.05. The van der Waals surface area contributed by atoms with Crippen LogP contribution in [-0.4, -0.2) is 30.6 Å². The molecule has 0 aromatic heterocycles. The second kappa shape index (κ2) is 4.84. The van der Waals surface area contributed by atoms with Gasteiger partial charge in [-0.1, -0.05) is 0 Å². The van der Waals surface area contributed by atoms with Gasteiger partial charge in [0.2, 0.25) is 5.91 Å². The number of carbonyl (C=O) groups excluding carboxylic acids is 1. The Hall–Kier alpha value is -1.25. The summed E-state index contributed by atoms with van der Waals surface area (Å²) in [6, 6.07) is 1.67. The zero-order chi connectivity index (χ0) is 11.4. The molecule has 1 unspecified atom stereocenters. The van der Waals surface area contributed by atoms with Gasteiger partial charge in [0.25, 0.3) is 0 Å².